The summed E-state index contributed by atoms with van der Waals surface area (Å²) in [6.45, 7) is 0.667. The molecule has 0 unspecified atom stereocenters. The monoisotopic (exact) mass is 302 g/mol. The second-order valence-electron chi connectivity index (χ2n) is 5.70. The number of hydrogen-bond donors (Lipinski definition) is 3. The first-order valence-electron chi connectivity index (χ1n) is 8.01. The van der Waals surface area contributed by atoms with Crippen molar-refractivity contribution < 1.29 is 4.79 Å². The third-order valence-electron chi connectivity index (χ3n) is 4.09. The molecule has 5 nitrogen and oxygen atoms in total. The van der Waals surface area contributed by atoms with E-state index in [0.717, 1.165) is 30.1 Å². The van der Waals surface area contributed by atoms with Crippen molar-refractivity contribution in [2.24, 2.45) is 10.9 Å². The summed E-state index contributed by atoms with van der Waals surface area (Å²) in [6, 6.07) is 7.95. The van der Waals surface area contributed by atoms with Gasteiger partial charge in [0.25, 0.3) is 0 Å². The van der Waals surface area contributed by atoms with Crippen LogP contribution in [0.3, 0.4) is 0 Å². The van der Waals surface area contributed by atoms with Gasteiger partial charge in [-0.25, -0.2) is 0 Å². The summed E-state index contributed by atoms with van der Waals surface area (Å²) in [4.78, 5) is 16.4. The van der Waals surface area contributed by atoms with Crippen LogP contribution in [0.2, 0.25) is 0 Å². The van der Waals surface area contributed by atoms with Crippen molar-refractivity contribution in [2.75, 3.05) is 19.4 Å². The molecule has 0 bridgehead atoms. The minimum atomic E-state index is 0.163. The average molecular weight is 302 g/mol. The molecule has 120 valence electrons. The van der Waals surface area contributed by atoms with Crippen molar-refractivity contribution in [2.45, 2.75) is 38.6 Å². The number of guanidine groups is 1. The maximum Gasteiger partial charge on any atom is 0.227 e. The van der Waals surface area contributed by atoms with Crippen LogP contribution in [0, 0.1) is 5.92 Å². The van der Waals surface area contributed by atoms with Crippen LogP contribution in [0.5, 0.6) is 0 Å². The molecule has 5 heteroatoms. The molecule has 1 amide bonds. The second-order valence-corrected chi connectivity index (χ2v) is 5.70. The van der Waals surface area contributed by atoms with Gasteiger partial charge in [-0.1, -0.05) is 31.4 Å². The highest BCUT2D eigenvalue weighted by atomic mass is 16.1. The predicted octanol–water partition coefficient (Wildman–Crippen LogP) is 2.50. The van der Waals surface area contributed by atoms with Crippen molar-refractivity contribution in [1.82, 2.24) is 10.6 Å². The number of carbonyl (C=O) groups excluding carboxylic acids is 1. The van der Waals surface area contributed by atoms with E-state index < -0.39 is 0 Å². The van der Waals surface area contributed by atoms with Crippen molar-refractivity contribution in [3.63, 3.8) is 0 Å². The number of benzene rings is 1. The van der Waals surface area contributed by atoms with Gasteiger partial charge in [0.05, 0.1) is 0 Å². The molecule has 22 heavy (non-hydrogen) atoms. The Morgan fingerprint density at radius 3 is 2.73 bits per heavy atom. The number of nitrogens with one attached hydrogen (secondary N) is 3. The zero-order valence-electron chi connectivity index (χ0n) is 13.5. The molecule has 0 spiro atoms. The Kier molecular flexibility index (Phi) is 6.25. The highest BCUT2D eigenvalue weighted by Crippen LogP contribution is 2.25. The molecule has 0 saturated heterocycles. The smallest absolute Gasteiger partial charge is 0.227 e. The fraction of sp³-hybridized carbons (Fsp3) is 0.529. The number of rotatable bonds is 4. The highest BCUT2D eigenvalue weighted by Gasteiger charge is 2.20. The van der Waals surface area contributed by atoms with E-state index in [1.54, 1.807) is 7.05 Å². The number of hydrogen-bond acceptors (Lipinski definition) is 2. The van der Waals surface area contributed by atoms with E-state index in [-0.39, 0.29) is 11.8 Å². The first-order valence-corrected chi connectivity index (χ1v) is 8.01. The molecule has 1 aromatic carbocycles. The standard InChI is InChI=1S/C17H26N4O/c1-18-17(19-2)20-12-13-7-6-10-15(11-13)21-16(22)14-8-4-3-5-9-14/h6-7,10-11,14H,3-5,8-9,12H2,1-2H3,(H,21,22)(H2,18,19,20). The van der Waals surface area contributed by atoms with Crippen LogP contribution in [0.15, 0.2) is 29.3 Å². The quantitative estimate of drug-likeness (QED) is 0.591. The minimum absolute atomic E-state index is 0.163. The molecule has 0 aromatic heterocycles. The maximum absolute atomic E-state index is 12.3. The fourth-order valence-corrected chi connectivity index (χ4v) is 2.83. The summed E-state index contributed by atoms with van der Waals surface area (Å²) >= 11 is 0. The molecule has 1 aliphatic carbocycles. The lowest BCUT2D eigenvalue weighted by Crippen LogP contribution is -2.34. The lowest BCUT2D eigenvalue weighted by molar-refractivity contribution is -0.120. The number of amides is 1. The fourth-order valence-electron chi connectivity index (χ4n) is 2.83. The molecular weight excluding hydrogens is 276 g/mol. The van der Waals surface area contributed by atoms with Crippen LogP contribution >= 0.6 is 0 Å². The number of aliphatic imine (C=N–C) groups is 1. The van der Waals surface area contributed by atoms with Gasteiger partial charge in [-0.05, 0) is 30.5 Å². The molecule has 2 rings (SSSR count). The van der Waals surface area contributed by atoms with E-state index in [1.165, 1.54) is 19.3 Å². The summed E-state index contributed by atoms with van der Waals surface area (Å²) in [5, 5.41) is 9.24. The van der Waals surface area contributed by atoms with Gasteiger partial charge in [-0.2, -0.15) is 0 Å². The lowest BCUT2D eigenvalue weighted by atomic mass is 9.88. The van der Waals surface area contributed by atoms with E-state index in [2.05, 4.69) is 20.9 Å². The van der Waals surface area contributed by atoms with Crippen molar-refractivity contribution in [3.05, 3.63) is 29.8 Å². The zero-order chi connectivity index (χ0) is 15.8. The maximum atomic E-state index is 12.3. The summed E-state index contributed by atoms with van der Waals surface area (Å²) in [7, 11) is 3.57. The van der Waals surface area contributed by atoms with Gasteiger partial charge in [0.15, 0.2) is 5.96 Å². The molecule has 0 aliphatic heterocycles. The van der Waals surface area contributed by atoms with Crippen molar-refractivity contribution >= 4 is 17.6 Å². The topological polar surface area (TPSA) is 65.5 Å². The number of carbonyl (C=O) groups is 1. The first-order chi connectivity index (χ1) is 10.7. The van der Waals surface area contributed by atoms with Gasteiger partial charge in [-0.3, -0.25) is 9.79 Å². The molecule has 0 atom stereocenters. The van der Waals surface area contributed by atoms with Crippen molar-refractivity contribution in [1.29, 1.82) is 0 Å². The summed E-state index contributed by atoms with van der Waals surface area (Å²) in [5.41, 5.74) is 1.98. The Labute approximate surface area is 132 Å². The Morgan fingerprint density at radius 2 is 2.05 bits per heavy atom. The molecule has 1 aromatic rings. The number of nitrogens with zero attached hydrogens (tertiary/aromatic N) is 1. The Hall–Kier alpha value is -2.04. The second kappa shape index (κ2) is 8.41. The summed E-state index contributed by atoms with van der Waals surface area (Å²) in [6.07, 6.45) is 5.64. The Morgan fingerprint density at radius 1 is 1.27 bits per heavy atom. The third-order valence-corrected chi connectivity index (χ3v) is 4.09. The largest absolute Gasteiger partial charge is 0.359 e. The minimum Gasteiger partial charge on any atom is -0.359 e. The van der Waals surface area contributed by atoms with Crippen molar-refractivity contribution in [3.8, 4) is 0 Å². The van der Waals surface area contributed by atoms with E-state index in [4.69, 9.17) is 0 Å². The van der Waals surface area contributed by atoms with Crippen LogP contribution in [-0.4, -0.2) is 26.0 Å². The highest BCUT2D eigenvalue weighted by molar-refractivity contribution is 5.92. The van der Waals surface area contributed by atoms with Gasteiger partial charge in [0.1, 0.15) is 0 Å². The molecule has 1 aliphatic rings. The first kappa shape index (κ1) is 16.3. The lowest BCUT2D eigenvalue weighted by Gasteiger charge is -2.21. The number of anilines is 1. The van der Waals surface area contributed by atoms with E-state index in [9.17, 15) is 4.79 Å². The van der Waals surface area contributed by atoms with Crippen LogP contribution < -0.4 is 16.0 Å². The van der Waals surface area contributed by atoms with Gasteiger partial charge >= 0.3 is 0 Å². The molecule has 1 saturated carbocycles. The van der Waals surface area contributed by atoms with Crippen LogP contribution in [0.1, 0.15) is 37.7 Å². The predicted molar refractivity (Wildman–Crippen MR) is 90.9 cm³/mol. The SMILES string of the molecule is CN=C(NC)NCc1cccc(NC(=O)C2CCCCC2)c1. The van der Waals surface area contributed by atoms with E-state index >= 15 is 0 Å². The van der Waals surface area contributed by atoms with E-state index in [1.807, 2.05) is 31.3 Å². The van der Waals surface area contributed by atoms with Gasteiger partial charge in [0.2, 0.25) is 5.91 Å². The molecule has 0 radical (unpaired) electrons. The Balaban J connectivity index is 1.91. The summed E-state index contributed by atoms with van der Waals surface area (Å²) in [5.74, 6) is 1.09. The van der Waals surface area contributed by atoms with Gasteiger partial charge in [-0.15, -0.1) is 0 Å². The molecule has 1 fully saturated rings. The van der Waals surface area contributed by atoms with E-state index in [0.29, 0.717) is 6.54 Å². The molecular formula is C17H26N4O. The van der Waals surface area contributed by atoms with Crippen LogP contribution in [0.4, 0.5) is 5.69 Å². The Bertz CT molecular complexity index is 521. The molecule has 0 heterocycles. The zero-order valence-corrected chi connectivity index (χ0v) is 13.5. The van der Waals surface area contributed by atoms with Crippen LogP contribution in [-0.2, 0) is 11.3 Å². The van der Waals surface area contributed by atoms with Crippen LogP contribution in [0.25, 0.3) is 0 Å². The normalized spacial score (nSPS) is 16.2. The van der Waals surface area contributed by atoms with Gasteiger partial charge in [0, 0.05) is 32.2 Å². The molecule has 3 N–H and O–H groups in total. The third kappa shape index (κ3) is 4.76. The average Bonchev–Trinajstić information content (AvgIpc) is 2.57. The van der Waals surface area contributed by atoms with Gasteiger partial charge < -0.3 is 16.0 Å². The summed E-state index contributed by atoms with van der Waals surface area (Å²) < 4.78 is 0.